The molecule has 8 heteroatoms. The third-order valence-corrected chi connectivity index (χ3v) is 3.79. The first kappa shape index (κ1) is 20.4. The summed E-state index contributed by atoms with van der Waals surface area (Å²) in [5.74, 6) is -3.02. The second-order valence-electron chi connectivity index (χ2n) is 5.96. The largest absolute Gasteiger partial charge is 0.423 e. The fourth-order valence-corrected chi connectivity index (χ4v) is 2.36. The number of halogens is 1. The van der Waals surface area contributed by atoms with Crippen molar-refractivity contribution in [3.63, 3.8) is 0 Å². The fraction of sp³-hybridized carbons (Fsp3) is 0. The molecule has 0 aliphatic carbocycles. The van der Waals surface area contributed by atoms with E-state index in [1.54, 1.807) is 48.5 Å². The minimum absolute atomic E-state index is 0.116. The Kier molecular flexibility index (Phi) is 6.63. The molecule has 3 aromatic rings. The number of nitrogens with zero attached hydrogens (tertiary/aromatic N) is 1. The average Bonchev–Trinajstić information content (AvgIpc) is 2.76. The molecule has 3 rings (SSSR count). The van der Waals surface area contributed by atoms with Crippen molar-refractivity contribution in [1.82, 2.24) is 5.43 Å². The Morgan fingerprint density at radius 3 is 2.37 bits per heavy atom. The molecular formula is C22H16FN3O4. The van der Waals surface area contributed by atoms with Crippen molar-refractivity contribution < 1.29 is 23.5 Å². The molecule has 0 spiro atoms. The molecule has 0 fully saturated rings. The number of esters is 1. The van der Waals surface area contributed by atoms with Crippen LogP contribution >= 0.6 is 0 Å². The van der Waals surface area contributed by atoms with E-state index in [0.717, 1.165) is 6.07 Å². The second kappa shape index (κ2) is 9.74. The van der Waals surface area contributed by atoms with Crippen LogP contribution < -0.4 is 15.5 Å². The number of para-hydroxylation sites is 1. The maximum absolute atomic E-state index is 13.5. The minimum atomic E-state index is -1.07. The summed E-state index contributed by atoms with van der Waals surface area (Å²) >= 11 is 0. The molecule has 0 unspecified atom stereocenters. The van der Waals surface area contributed by atoms with Crippen LogP contribution in [-0.2, 0) is 9.59 Å². The average molecular weight is 405 g/mol. The highest BCUT2D eigenvalue weighted by Crippen LogP contribution is 2.14. The van der Waals surface area contributed by atoms with Gasteiger partial charge in [0.15, 0.2) is 0 Å². The number of carbonyl (C=O) groups excluding carboxylic acids is 3. The molecule has 0 saturated heterocycles. The van der Waals surface area contributed by atoms with Crippen LogP contribution in [0.4, 0.5) is 10.1 Å². The summed E-state index contributed by atoms with van der Waals surface area (Å²) in [4.78, 5) is 35.7. The van der Waals surface area contributed by atoms with Gasteiger partial charge < -0.3 is 10.1 Å². The molecule has 0 aliphatic rings. The Balaban J connectivity index is 1.56. The van der Waals surface area contributed by atoms with E-state index >= 15 is 0 Å². The van der Waals surface area contributed by atoms with Crippen molar-refractivity contribution in [1.29, 1.82) is 0 Å². The molecule has 2 amide bonds. The Morgan fingerprint density at radius 1 is 0.867 bits per heavy atom. The van der Waals surface area contributed by atoms with Crippen molar-refractivity contribution >= 4 is 29.7 Å². The first-order chi connectivity index (χ1) is 14.5. The first-order valence-corrected chi connectivity index (χ1v) is 8.79. The molecular weight excluding hydrogens is 389 g/mol. The number of rotatable bonds is 5. The minimum Gasteiger partial charge on any atom is -0.423 e. The van der Waals surface area contributed by atoms with Gasteiger partial charge in [-0.2, -0.15) is 5.10 Å². The van der Waals surface area contributed by atoms with Crippen molar-refractivity contribution in [2.75, 3.05) is 5.32 Å². The molecule has 0 aromatic heterocycles. The summed E-state index contributed by atoms with van der Waals surface area (Å²) in [6.45, 7) is 0. The highest BCUT2D eigenvalue weighted by molar-refractivity contribution is 6.39. The van der Waals surface area contributed by atoms with Crippen LogP contribution in [0.2, 0.25) is 0 Å². The van der Waals surface area contributed by atoms with Gasteiger partial charge in [-0.3, -0.25) is 9.59 Å². The Morgan fingerprint density at radius 2 is 1.60 bits per heavy atom. The number of ether oxygens (including phenoxy) is 1. The summed E-state index contributed by atoms with van der Waals surface area (Å²) in [7, 11) is 0. The van der Waals surface area contributed by atoms with Crippen LogP contribution in [-0.4, -0.2) is 24.0 Å². The standard InChI is InChI=1S/C22H16FN3O4/c23-18-11-4-5-12-19(18)25-20(27)21(28)26-24-14-15-7-6-10-17(13-15)30-22(29)16-8-2-1-3-9-16/h1-14H,(H,25,27)(H,26,28). The van der Waals surface area contributed by atoms with E-state index in [4.69, 9.17) is 4.74 Å². The summed E-state index contributed by atoms with van der Waals surface area (Å²) in [5.41, 5.74) is 2.85. The molecule has 0 aliphatic heterocycles. The Labute approximate surface area is 171 Å². The van der Waals surface area contributed by atoms with E-state index in [1.807, 2.05) is 5.43 Å². The number of amides is 2. The van der Waals surface area contributed by atoms with E-state index < -0.39 is 23.6 Å². The molecule has 0 saturated carbocycles. The van der Waals surface area contributed by atoms with Gasteiger partial charge in [-0.25, -0.2) is 14.6 Å². The lowest BCUT2D eigenvalue weighted by Crippen LogP contribution is -2.32. The van der Waals surface area contributed by atoms with Gasteiger partial charge in [0, 0.05) is 0 Å². The molecule has 7 nitrogen and oxygen atoms in total. The summed E-state index contributed by atoms with van der Waals surface area (Å²) in [6.07, 6.45) is 1.27. The predicted octanol–water partition coefficient (Wildman–Crippen LogP) is 3.13. The van der Waals surface area contributed by atoms with Gasteiger partial charge in [0.1, 0.15) is 11.6 Å². The van der Waals surface area contributed by atoms with Crippen LogP contribution in [0.15, 0.2) is 84.0 Å². The molecule has 0 heterocycles. The fourth-order valence-electron chi connectivity index (χ4n) is 2.36. The highest BCUT2D eigenvalue weighted by atomic mass is 19.1. The summed E-state index contributed by atoms with van der Waals surface area (Å²) < 4.78 is 18.8. The zero-order valence-electron chi connectivity index (χ0n) is 15.5. The molecule has 30 heavy (non-hydrogen) atoms. The zero-order chi connectivity index (χ0) is 21.3. The molecule has 3 aromatic carbocycles. The molecule has 0 radical (unpaired) electrons. The van der Waals surface area contributed by atoms with Gasteiger partial charge in [0.05, 0.1) is 17.5 Å². The highest BCUT2D eigenvalue weighted by Gasteiger charge is 2.14. The lowest BCUT2D eigenvalue weighted by Gasteiger charge is -2.05. The van der Waals surface area contributed by atoms with Gasteiger partial charge in [0.2, 0.25) is 0 Å². The Hall–Kier alpha value is -4.33. The second-order valence-corrected chi connectivity index (χ2v) is 5.96. The third-order valence-electron chi connectivity index (χ3n) is 3.79. The maximum atomic E-state index is 13.5. The van der Waals surface area contributed by atoms with Crippen molar-refractivity contribution in [2.24, 2.45) is 5.10 Å². The van der Waals surface area contributed by atoms with Gasteiger partial charge in [-0.1, -0.05) is 42.5 Å². The summed E-state index contributed by atoms with van der Waals surface area (Å²) in [5, 5.41) is 5.83. The Bertz CT molecular complexity index is 1100. The number of hydrogen-bond donors (Lipinski definition) is 2. The van der Waals surface area contributed by atoms with Crippen LogP contribution in [0.1, 0.15) is 15.9 Å². The van der Waals surface area contributed by atoms with Gasteiger partial charge in [-0.05, 0) is 42.0 Å². The van der Waals surface area contributed by atoms with E-state index in [9.17, 15) is 18.8 Å². The lowest BCUT2D eigenvalue weighted by molar-refractivity contribution is -0.136. The van der Waals surface area contributed by atoms with Gasteiger partial charge >= 0.3 is 17.8 Å². The maximum Gasteiger partial charge on any atom is 0.343 e. The first-order valence-electron chi connectivity index (χ1n) is 8.79. The SMILES string of the molecule is O=C(NN=Cc1cccc(OC(=O)c2ccccc2)c1)C(=O)Nc1ccccc1F. The van der Waals surface area contributed by atoms with Gasteiger partial charge in [-0.15, -0.1) is 0 Å². The molecule has 0 atom stereocenters. The lowest BCUT2D eigenvalue weighted by atomic mass is 10.2. The zero-order valence-corrected chi connectivity index (χ0v) is 15.5. The molecule has 150 valence electrons. The van der Waals surface area contributed by atoms with E-state index in [2.05, 4.69) is 10.4 Å². The van der Waals surface area contributed by atoms with E-state index in [0.29, 0.717) is 11.1 Å². The number of anilines is 1. The molecule has 2 N–H and O–H groups in total. The van der Waals surface area contributed by atoms with Gasteiger partial charge in [0.25, 0.3) is 0 Å². The molecule has 0 bridgehead atoms. The van der Waals surface area contributed by atoms with Crippen LogP contribution in [0, 0.1) is 5.82 Å². The number of nitrogens with one attached hydrogen (secondary N) is 2. The smallest absolute Gasteiger partial charge is 0.343 e. The van der Waals surface area contributed by atoms with E-state index in [-0.39, 0.29) is 11.4 Å². The quantitative estimate of drug-likeness (QED) is 0.224. The van der Waals surface area contributed by atoms with Crippen LogP contribution in [0.25, 0.3) is 0 Å². The van der Waals surface area contributed by atoms with Crippen molar-refractivity contribution in [3.8, 4) is 5.75 Å². The number of benzene rings is 3. The summed E-state index contributed by atoms with van der Waals surface area (Å²) in [6, 6.07) is 20.4. The normalized spacial score (nSPS) is 10.4. The topological polar surface area (TPSA) is 96.9 Å². The number of hydrogen-bond acceptors (Lipinski definition) is 5. The monoisotopic (exact) mass is 405 g/mol. The number of carbonyl (C=O) groups is 3. The predicted molar refractivity (Wildman–Crippen MR) is 109 cm³/mol. The van der Waals surface area contributed by atoms with Crippen molar-refractivity contribution in [3.05, 3.63) is 95.8 Å². The number of hydrazone groups is 1. The van der Waals surface area contributed by atoms with Crippen LogP contribution in [0.5, 0.6) is 5.75 Å². The van der Waals surface area contributed by atoms with Crippen molar-refractivity contribution in [2.45, 2.75) is 0 Å². The van der Waals surface area contributed by atoms with E-state index in [1.165, 1.54) is 30.5 Å². The van der Waals surface area contributed by atoms with Crippen LogP contribution in [0.3, 0.4) is 0 Å². The third kappa shape index (κ3) is 5.59.